The highest BCUT2D eigenvalue weighted by molar-refractivity contribution is 5.93. The third-order valence-electron chi connectivity index (χ3n) is 4.01. The van der Waals surface area contributed by atoms with Gasteiger partial charge in [0.2, 0.25) is 17.7 Å². The maximum Gasteiger partial charge on any atom is 0.326 e. The van der Waals surface area contributed by atoms with Gasteiger partial charge in [-0.15, -0.1) is 0 Å². The van der Waals surface area contributed by atoms with Gasteiger partial charge in [-0.25, -0.2) is 4.79 Å². The Hall–Kier alpha value is -2.69. The van der Waals surface area contributed by atoms with E-state index in [1.807, 2.05) is 0 Å². The lowest BCUT2D eigenvalue weighted by atomic mass is 9.99. The van der Waals surface area contributed by atoms with Crippen molar-refractivity contribution in [2.45, 2.75) is 58.2 Å². The number of amides is 3. The smallest absolute Gasteiger partial charge is 0.326 e. The van der Waals surface area contributed by atoms with Crippen LogP contribution < -0.4 is 21.7 Å². The van der Waals surface area contributed by atoms with E-state index in [1.165, 1.54) is 6.92 Å². The first-order chi connectivity index (χ1) is 12.5. The second kappa shape index (κ2) is 11.8. The number of aliphatic carboxylic acids is 2. The van der Waals surface area contributed by atoms with Crippen LogP contribution in [-0.4, -0.2) is 64.5 Å². The lowest BCUT2D eigenvalue weighted by molar-refractivity contribution is -0.143. The Bertz CT molecular complexity index is 567. The molecule has 4 unspecified atom stereocenters. The van der Waals surface area contributed by atoms with Gasteiger partial charge in [-0.3, -0.25) is 19.2 Å². The fourth-order valence-corrected chi connectivity index (χ4v) is 2.13. The van der Waals surface area contributed by atoms with E-state index in [2.05, 4.69) is 16.0 Å². The quantitative estimate of drug-likeness (QED) is 0.231. The van der Waals surface area contributed by atoms with Crippen molar-refractivity contribution in [2.24, 2.45) is 11.7 Å². The molecule has 154 valence electrons. The fourth-order valence-electron chi connectivity index (χ4n) is 2.13. The minimum Gasteiger partial charge on any atom is -0.481 e. The van der Waals surface area contributed by atoms with Gasteiger partial charge >= 0.3 is 11.9 Å². The zero-order valence-electron chi connectivity index (χ0n) is 15.7. The molecule has 0 heterocycles. The molecule has 0 saturated carbocycles. The zero-order chi connectivity index (χ0) is 21.1. The molecule has 11 heteroatoms. The second-order valence-corrected chi connectivity index (χ2v) is 6.20. The molecule has 0 saturated heterocycles. The Labute approximate surface area is 157 Å². The van der Waals surface area contributed by atoms with Crippen LogP contribution in [0.15, 0.2) is 0 Å². The van der Waals surface area contributed by atoms with Crippen molar-refractivity contribution >= 4 is 29.7 Å². The number of carboxylic acid groups (broad SMARTS) is 2. The highest BCUT2D eigenvalue weighted by Gasteiger charge is 2.29. The van der Waals surface area contributed by atoms with Gasteiger partial charge in [0.1, 0.15) is 18.1 Å². The molecule has 0 spiro atoms. The van der Waals surface area contributed by atoms with Crippen molar-refractivity contribution in [3.8, 4) is 0 Å². The number of carbonyl (C=O) groups excluding carboxylic acids is 3. The number of nitrogens with one attached hydrogen (secondary N) is 3. The van der Waals surface area contributed by atoms with E-state index in [-0.39, 0.29) is 25.3 Å². The van der Waals surface area contributed by atoms with Crippen LogP contribution in [0.3, 0.4) is 0 Å². The highest BCUT2D eigenvalue weighted by Crippen LogP contribution is 2.08. The van der Waals surface area contributed by atoms with Crippen LogP contribution in [0.1, 0.15) is 40.0 Å². The molecule has 0 aromatic carbocycles. The molecular weight excluding hydrogens is 360 g/mol. The van der Waals surface area contributed by atoms with E-state index in [1.54, 1.807) is 13.8 Å². The minimum atomic E-state index is -1.19. The Morgan fingerprint density at radius 1 is 0.963 bits per heavy atom. The van der Waals surface area contributed by atoms with E-state index in [0.717, 1.165) is 0 Å². The molecule has 0 bridgehead atoms. The van der Waals surface area contributed by atoms with Gasteiger partial charge in [0.15, 0.2) is 0 Å². The lowest BCUT2D eigenvalue weighted by Crippen LogP contribution is -2.56. The summed E-state index contributed by atoms with van der Waals surface area (Å²) in [6.07, 6.45) is -0.0369. The average Bonchev–Trinajstić information content (AvgIpc) is 2.61. The fraction of sp³-hybridized carbons (Fsp3) is 0.688. The van der Waals surface area contributed by atoms with Crippen molar-refractivity contribution in [1.29, 1.82) is 0 Å². The van der Waals surface area contributed by atoms with Crippen LogP contribution in [0.2, 0.25) is 0 Å². The highest BCUT2D eigenvalue weighted by atomic mass is 16.4. The first-order valence-electron chi connectivity index (χ1n) is 8.58. The molecule has 11 nitrogen and oxygen atoms in total. The second-order valence-electron chi connectivity index (χ2n) is 6.20. The van der Waals surface area contributed by atoms with Crippen molar-refractivity contribution in [3.05, 3.63) is 0 Å². The van der Waals surface area contributed by atoms with Crippen LogP contribution in [-0.2, 0) is 24.0 Å². The average molecular weight is 388 g/mol. The number of hydrogen-bond donors (Lipinski definition) is 6. The number of carbonyl (C=O) groups is 5. The summed E-state index contributed by atoms with van der Waals surface area (Å²) < 4.78 is 0. The van der Waals surface area contributed by atoms with Crippen molar-refractivity contribution in [1.82, 2.24) is 16.0 Å². The summed E-state index contributed by atoms with van der Waals surface area (Å²) in [5, 5.41) is 24.9. The molecule has 0 radical (unpaired) electrons. The van der Waals surface area contributed by atoms with Crippen LogP contribution >= 0.6 is 0 Å². The largest absolute Gasteiger partial charge is 0.481 e. The normalized spacial score (nSPS) is 15.0. The maximum absolute atomic E-state index is 12.3. The lowest BCUT2D eigenvalue weighted by Gasteiger charge is -2.24. The van der Waals surface area contributed by atoms with E-state index >= 15 is 0 Å². The van der Waals surface area contributed by atoms with Gasteiger partial charge < -0.3 is 31.9 Å². The summed E-state index contributed by atoms with van der Waals surface area (Å²) in [5.41, 5.74) is 5.17. The Morgan fingerprint density at radius 3 is 2.00 bits per heavy atom. The molecule has 27 heavy (non-hydrogen) atoms. The van der Waals surface area contributed by atoms with Gasteiger partial charge in [0.05, 0.1) is 6.54 Å². The van der Waals surface area contributed by atoms with Gasteiger partial charge in [-0.2, -0.15) is 0 Å². The topological polar surface area (TPSA) is 188 Å². The molecule has 7 N–H and O–H groups in total. The van der Waals surface area contributed by atoms with E-state index in [9.17, 15) is 29.1 Å². The van der Waals surface area contributed by atoms with Crippen LogP contribution in [0.4, 0.5) is 0 Å². The summed E-state index contributed by atoms with van der Waals surface area (Å²) in [5.74, 6) is -4.79. The molecule has 0 aliphatic heterocycles. The molecule has 4 atom stereocenters. The standard InChI is InChI=1S/C16H28N4O7/c1-4-8(2)13(16(26)27)20-14(24)9(3)18-15(25)10(5-6-12(22)23)19-11(21)7-17/h8-10,13H,4-7,17H2,1-3H3,(H,18,25)(H,19,21)(H,20,24)(H,22,23)(H,26,27). The minimum absolute atomic E-state index is 0.189. The Morgan fingerprint density at radius 2 is 1.56 bits per heavy atom. The SMILES string of the molecule is CCC(C)C(NC(=O)C(C)NC(=O)C(CCC(=O)O)NC(=O)CN)C(=O)O. The summed E-state index contributed by atoms with van der Waals surface area (Å²) in [6.45, 7) is 4.42. The molecule has 0 rings (SSSR count). The summed E-state index contributed by atoms with van der Waals surface area (Å²) >= 11 is 0. The monoisotopic (exact) mass is 388 g/mol. The number of carboxylic acids is 2. The number of nitrogens with two attached hydrogens (primary N) is 1. The predicted molar refractivity (Wildman–Crippen MR) is 94.5 cm³/mol. The van der Waals surface area contributed by atoms with Crippen molar-refractivity contribution < 1.29 is 34.2 Å². The molecule has 0 aromatic rings. The molecular formula is C16H28N4O7. The Kier molecular flexibility index (Phi) is 10.7. The summed E-state index contributed by atoms with van der Waals surface area (Å²) in [6, 6.07) is -3.38. The van der Waals surface area contributed by atoms with Crippen LogP contribution in [0, 0.1) is 5.92 Å². The van der Waals surface area contributed by atoms with Crippen LogP contribution in [0.25, 0.3) is 0 Å². The summed E-state index contributed by atoms with van der Waals surface area (Å²) in [7, 11) is 0. The van der Waals surface area contributed by atoms with Gasteiger partial charge in [-0.05, 0) is 19.3 Å². The Balaban J connectivity index is 4.97. The molecule has 0 aliphatic carbocycles. The number of hydrogen-bond acceptors (Lipinski definition) is 6. The van der Waals surface area contributed by atoms with E-state index < -0.39 is 47.8 Å². The third-order valence-corrected chi connectivity index (χ3v) is 4.01. The van der Waals surface area contributed by atoms with Gasteiger partial charge in [-0.1, -0.05) is 20.3 Å². The van der Waals surface area contributed by atoms with E-state index in [0.29, 0.717) is 6.42 Å². The number of rotatable bonds is 12. The first-order valence-corrected chi connectivity index (χ1v) is 8.58. The molecule has 0 fully saturated rings. The maximum atomic E-state index is 12.3. The van der Waals surface area contributed by atoms with Crippen LogP contribution in [0.5, 0.6) is 0 Å². The third kappa shape index (κ3) is 8.99. The molecule has 0 aliphatic rings. The summed E-state index contributed by atoms with van der Waals surface area (Å²) in [4.78, 5) is 57.9. The zero-order valence-corrected chi connectivity index (χ0v) is 15.7. The predicted octanol–water partition coefficient (Wildman–Crippen LogP) is -1.59. The van der Waals surface area contributed by atoms with Crippen molar-refractivity contribution in [3.63, 3.8) is 0 Å². The van der Waals surface area contributed by atoms with Gasteiger partial charge in [0.25, 0.3) is 0 Å². The molecule has 0 aromatic heterocycles. The van der Waals surface area contributed by atoms with E-state index in [4.69, 9.17) is 10.8 Å². The molecule has 3 amide bonds. The van der Waals surface area contributed by atoms with Gasteiger partial charge in [0, 0.05) is 6.42 Å². The first kappa shape index (κ1) is 24.3. The van der Waals surface area contributed by atoms with Crippen molar-refractivity contribution in [2.75, 3.05) is 6.54 Å².